The third-order valence-electron chi connectivity index (χ3n) is 7.07. The molecule has 1 aromatic heterocycles. The van der Waals surface area contributed by atoms with E-state index in [-0.39, 0.29) is 16.3 Å². The van der Waals surface area contributed by atoms with Crippen LogP contribution in [-0.2, 0) is 20.6 Å². The van der Waals surface area contributed by atoms with Crippen molar-refractivity contribution in [2.75, 3.05) is 16.8 Å². The van der Waals surface area contributed by atoms with Crippen molar-refractivity contribution in [1.29, 1.82) is 0 Å². The zero-order valence-electron chi connectivity index (χ0n) is 22.0. The number of thioether (sulfide) groups is 1. The van der Waals surface area contributed by atoms with E-state index in [9.17, 15) is 32.3 Å². The van der Waals surface area contributed by atoms with Crippen molar-refractivity contribution in [3.63, 3.8) is 0 Å². The molecule has 0 saturated carbocycles. The Hall–Kier alpha value is -3.78. The number of nitrogens with one attached hydrogen (secondary N) is 2. The first-order valence-electron chi connectivity index (χ1n) is 12.8. The maximum absolute atomic E-state index is 14.0. The molecular weight excluding hydrogens is 662 g/mol. The van der Waals surface area contributed by atoms with Gasteiger partial charge in [-0.15, -0.1) is 0 Å². The summed E-state index contributed by atoms with van der Waals surface area (Å²) in [5, 5.41) is 2.53. The highest BCUT2D eigenvalue weighted by Crippen LogP contribution is 2.55. The number of benzene rings is 3. The Kier molecular flexibility index (Phi) is 7.99. The fourth-order valence-corrected chi connectivity index (χ4v) is 8.08. The number of H-pyrrole nitrogens is 1. The quantitative estimate of drug-likeness (QED) is 0.223. The van der Waals surface area contributed by atoms with Crippen LogP contribution in [0.2, 0.25) is 10.0 Å². The normalized spacial score (nSPS) is 19.5. The summed E-state index contributed by atoms with van der Waals surface area (Å²) in [4.78, 5) is 56.0. The lowest BCUT2D eigenvalue weighted by molar-refractivity contribution is -0.137. The van der Waals surface area contributed by atoms with Crippen LogP contribution in [0.1, 0.15) is 21.9 Å². The average Bonchev–Trinajstić information content (AvgIpc) is 3.47. The first kappa shape index (κ1) is 30.3. The third-order valence-corrected chi connectivity index (χ3v) is 9.96. The van der Waals surface area contributed by atoms with E-state index in [1.54, 1.807) is 24.3 Å². The Morgan fingerprint density at radius 2 is 1.68 bits per heavy atom. The van der Waals surface area contributed by atoms with Gasteiger partial charge in [0.1, 0.15) is 11.0 Å². The minimum Gasteiger partial charge on any atom is -0.483 e. The molecule has 3 aromatic carbocycles. The fourth-order valence-electron chi connectivity index (χ4n) is 5.27. The van der Waals surface area contributed by atoms with E-state index in [1.807, 2.05) is 0 Å². The summed E-state index contributed by atoms with van der Waals surface area (Å²) < 4.78 is 47.6. The van der Waals surface area contributed by atoms with E-state index in [0.717, 1.165) is 35.2 Å². The summed E-state index contributed by atoms with van der Waals surface area (Å²) in [6, 6.07) is 15.2. The molecule has 4 aromatic rings. The molecular formula is C29H18Cl2F3N3O5S2. The number of hydrogen-bond donors (Lipinski definition) is 2. The minimum atomic E-state index is -4.83. The number of amides is 3. The van der Waals surface area contributed by atoms with Crippen LogP contribution in [0.25, 0.3) is 0 Å². The number of para-hydroxylation sites is 1. The molecule has 6 rings (SSSR count). The van der Waals surface area contributed by atoms with Gasteiger partial charge in [-0.2, -0.15) is 13.2 Å². The molecule has 0 unspecified atom stereocenters. The highest BCUT2D eigenvalue weighted by atomic mass is 35.5. The molecule has 2 N–H and O–H groups in total. The van der Waals surface area contributed by atoms with Crippen LogP contribution in [0.3, 0.4) is 0 Å². The number of aromatic nitrogens is 1. The molecule has 3 amide bonds. The lowest BCUT2D eigenvalue weighted by Gasteiger charge is -2.31. The van der Waals surface area contributed by atoms with E-state index < -0.39 is 63.7 Å². The van der Waals surface area contributed by atoms with Crippen LogP contribution in [0.4, 0.5) is 24.5 Å². The number of halogens is 5. The van der Waals surface area contributed by atoms with Gasteiger partial charge in [0.05, 0.1) is 22.2 Å². The third kappa shape index (κ3) is 5.60. The number of alkyl halides is 3. The Morgan fingerprint density at radius 3 is 2.41 bits per heavy atom. The van der Waals surface area contributed by atoms with Crippen LogP contribution in [-0.4, -0.2) is 34.6 Å². The smallest absolute Gasteiger partial charge is 0.418 e. The number of carbonyl (C=O) groups is 3. The zero-order valence-corrected chi connectivity index (χ0v) is 25.1. The number of imide groups is 1. The summed E-state index contributed by atoms with van der Waals surface area (Å²) in [6.45, 7) is -0.457. The van der Waals surface area contributed by atoms with Crippen molar-refractivity contribution >= 4 is 75.4 Å². The van der Waals surface area contributed by atoms with Crippen LogP contribution >= 0.6 is 46.3 Å². The van der Waals surface area contributed by atoms with Crippen LogP contribution in [0, 0.1) is 5.92 Å². The van der Waals surface area contributed by atoms with Gasteiger partial charge in [-0.1, -0.05) is 58.4 Å². The first-order valence-corrected chi connectivity index (χ1v) is 15.3. The largest absolute Gasteiger partial charge is 0.483 e. The number of thiazole rings is 1. The molecule has 2 aliphatic rings. The second kappa shape index (κ2) is 11.6. The van der Waals surface area contributed by atoms with Gasteiger partial charge in [0.2, 0.25) is 11.8 Å². The molecule has 15 heteroatoms. The van der Waals surface area contributed by atoms with E-state index in [0.29, 0.717) is 25.5 Å². The van der Waals surface area contributed by atoms with E-state index in [4.69, 9.17) is 27.9 Å². The zero-order chi connectivity index (χ0) is 31.3. The second-order valence-corrected chi connectivity index (χ2v) is 12.8. The molecule has 0 aliphatic carbocycles. The average molecular weight is 681 g/mol. The number of hydrogen-bond acceptors (Lipinski definition) is 7. The lowest BCUT2D eigenvalue weighted by Crippen LogP contribution is -2.33. The molecule has 0 spiro atoms. The number of carbonyl (C=O) groups excluding carboxylic acids is 3. The van der Waals surface area contributed by atoms with Crippen LogP contribution in [0.15, 0.2) is 76.6 Å². The van der Waals surface area contributed by atoms with Crippen molar-refractivity contribution in [2.24, 2.45) is 5.92 Å². The number of aromatic amines is 1. The molecule has 0 bridgehead atoms. The second-order valence-electron chi connectivity index (χ2n) is 9.80. The van der Waals surface area contributed by atoms with E-state index >= 15 is 0 Å². The van der Waals surface area contributed by atoms with Crippen molar-refractivity contribution in [3.05, 3.63) is 102 Å². The van der Waals surface area contributed by atoms with Gasteiger partial charge in [0, 0.05) is 32.1 Å². The number of rotatable bonds is 6. The standard InChI is InChI=1S/C29H18Cl2F3N3O5S2/c30-13-5-8-15(9-6-13)35-20(38)12-42-19-10-7-14(31)11-16(19)21-22-24(43-25-23(21)44-28(41)36-25)27(40)37(26(22)39)18-4-2-1-3-17(18)29(32,33)34/h1-11,21-22,24H,12H2,(H,35,38)(H,36,41)/t21-,22-,24+/m0/s1. The molecule has 2 aliphatic heterocycles. The summed E-state index contributed by atoms with van der Waals surface area (Å²) in [6.07, 6.45) is -4.83. The predicted molar refractivity (Wildman–Crippen MR) is 161 cm³/mol. The Balaban J connectivity index is 1.38. The molecule has 1 fully saturated rings. The number of nitrogens with zero attached hydrogens (tertiary/aromatic N) is 1. The van der Waals surface area contributed by atoms with Gasteiger partial charge in [-0.05, 0) is 54.6 Å². The van der Waals surface area contributed by atoms with Gasteiger partial charge in [0.25, 0.3) is 5.91 Å². The molecule has 3 heterocycles. The monoisotopic (exact) mass is 679 g/mol. The van der Waals surface area contributed by atoms with Crippen molar-refractivity contribution in [1.82, 2.24) is 4.98 Å². The van der Waals surface area contributed by atoms with Gasteiger partial charge >= 0.3 is 11.0 Å². The SMILES string of the molecule is O=C(COc1ccc(Cl)cc1[C@@H]1c2sc(=O)[nH]c2S[C@H]2C(=O)N(c3ccccc3C(F)(F)F)C(=O)[C@@H]12)Nc1ccc(Cl)cc1. The first-order chi connectivity index (χ1) is 20.9. The number of ether oxygens (including phenoxy) is 1. The highest BCUT2D eigenvalue weighted by Gasteiger charge is 2.57. The summed E-state index contributed by atoms with van der Waals surface area (Å²) in [5.74, 6) is -4.32. The maximum Gasteiger partial charge on any atom is 0.418 e. The summed E-state index contributed by atoms with van der Waals surface area (Å²) in [5.41, 5.74) is -0.955. The predicted octanol–water partition coefficient (Wildman–Crippen LogP) is 6.58. The van der Waals surface area contributed by atoms with E-state index in [2.05, 4.69) is 10.3 Å². The lowest BCUT2D eigenvalue weighted by atomic mass is 9.82. The van der Waals surface area contributed by atoms with Crippen LogP contribution in [0.5, 0.6) is 5.75 Å². The minimum absolute atomic E-state index is 0.137. The molecule has 3 atom stereocenters. The molecule has 226 valence electrons. The van der Waals surface area contributed by atoms with Gasteiger partial charge < -0.3 is 15.0 Å². The Morgan fingerprint density at radius 1 is 0.977 bits per heavy atom. The fraction of sp³-hybridized carbons (Fsp3) is 0.172. The maximum atomic E-state index is 14.0. The molecule has 1 saturated heterocycles. The number of anilines is 2. The summed E-state index contributed by atoms with van der Waals surface area (Å²) in [7, 11) is 0. The van der Waals surface area contributed by atoms with Crippen molar-refractivity contribution in [2.45, 2.75) is 22.4 Å². The van der Waals surface area contributed by atoms with Crippen LogP contribution < -0.4 is 19.8 Å². The topological polar surface area (TPSA) is 109 Å². The highest BCUT2D eigenvalue weighted by molar-refractivity contribution is 8.00. The Labute approximate surface area is 265 Å². The Bertz CT molecular complexity index is 1860. The molecule has 8 nitrogen and oxygen atoms in total. The molecule has 0 radical (unpaired) electrons. The van der Waals surface area contributed by atoms with Gasteiger partial charge in [0.15, 0.2) is 6.61 Å². The van der Waals surface area contributed by atoms with Gasteiger partial charge in [-0.3, -0.25) is 19.2 Å². The van der Waals surface area contributed by atoms with Crippen molar-refractivity contribution in [3.8, 4) is 5.75 Å². The summed E-state index contributed by atoms with van der Waals surface area (Å²) >= 11 is 14.0. The van der Waals surface area contributed by atoms with E-state index in [1.165, 1.54) is 30.3 Å². The number of fused-ring (bicyclic) bond motifs is 2. The van der Waals surface area contributed by atoms with Gasteiger partial charge in [-0.25, -0.2) is 4.90 Å². The van der Waals surface area contributed by atoms with Crippen molar-refractivity contribution < 1.29 is 32.3 Å². The molecule has 44 heavy (non-hydrogen) atoms.